The van der Waals surface area contributed by atoms with Crippen LogP contribution < -0.4 is 16.4 Å². The number of aliphatic hydroxyl groups is 5. The van der Waals surface area contributed by atoms with Crippen molar-refractivity contribution in [2.75, 3.05) is 19.8 Å². The highest BCUT2D eigenvalue weighted by Crippen LogP contribution is 2.32. The number of nitrogens with two attached hydrogens (primary N) is 1. The Kier molecular flexibility index (Phi) is 18.4. The van der Waals surface area contributed by atoms with Crippen LogP contribution in [0.5, 0.6) is 0 Å². The average Bonchev–Trinajstić information content (AvgIpc) is 3.10. The highest BCUT2D eigenvalue weighted by molar-refractivity contribution is 5.79. The molecule has 5 unspecified atom stereocenters. The highest BCUT2D eigenvalue weighted by Gasteiger charge is 2.50. The van der Waals surface area contributed by atoms with Crippen LogP contribution in [0.15, 0.2) is 0 Å². The molecule has 2 heterocycles. The molecule has 3 amide bonds. The highest BCUT2D eigenvalue weighted by atomic mass is 16.7. The lowest BCUT2D eigenvalue weighted by atomic mass is 9.85. The van der Waals surface area contributed by atoms with Crippen LogP contribution in [0.2, 0.25) is 0 Å². The Morgan fingerprint density at radius 1 is 0.922 bits per heavy atom. The van der Waals surface area contributed by atoms with Crippen LogP contribution in [0.3, 0.4) is 0 Å². The SMILES string of the molecule is CCCCC(C[C@H](COC1O[C@@H](C)C(O)[C@H](O)[C@@H]1O)O[C@@H]1O[C@@H](CO)[C@H](O)C(O[C@@H](CC2CCCCC2)C(N)=O)C1NC(C)=O)C(=O)NCCC. The first-order valence-corrected chi connectivity index (χ1v) is 18.7. The Bertz CT molecular complexity index is 1070. The lowest BCUT2D eigenvalue weighted by Gasteiger charge is -2.46. The maximum Gasteiger partial charge on any atom is 0.246 e. The zero-order valence-corrected chi connectivity index (χ0v) is 30.6. The molecule has 2 saturated heterocycles. The number of hydrogen-bond donors (Lipinski definition) is 8. The van der Waals surface area contributed by atoms with E-state index in [1.54, 1.807) is 0 Å². The van der Waals surface area contributed by atoms with Gasteiger partial charge in [0.2, 0.25) is 17.7 Å². The fourth-order valence-electron chi connectivity index (χ4n) is 7.11. The molecule has 13 atom stereocenters. The zero-order chi connectivity index (χ0) is 37.7. The van der Waals surface area contributed by atoms with E-state index in [4.69, 9.17) is 29.4 Å². The number of aliphatic hydroxyl groups excluding tert-OH is 5. The first-order chi connectivity index (χ1) is 24.3. The molecule has 16 heteroatoms. The minimum absolute atomic E-state index is 0.0925. The normalized spacial score (nSPS) is 33.6. The fraction of sp³-hybridized carbons (Fsp3) is 0.914. The maximum absolute atomic E-state index is 13.3. The molecule has 3 rings (SSSR count). The third kappa shape index (κ3) is 12.8. The molecule has 0 bridgehead atoms. The molecule has 1 aliphatic carbocycles. The molecule has 0 aromatic carbocycles. The summed E-state index contributed by atoms with van der Waals surface area (Å²) in [5.74, 6) is -1.80. The van der Waals surface area contributed by atoms with Gasteiger partial charge >= 0.3 is 0 Å². The summed E-state index contributed by atoms with van der Waals surface area (Å²) in [6.07, 6.45) is -6.01. The molecule has 2 aliphatic heterocycles. The topological polar surface area (TPSA) is 249 Å². The molecule has 0 spiro atoms. The number of carbonyl (C=O) groups excluding carboxylic acids is 3. The van der Waals surface area contributed by atoms with Gasteiger partial charge in [-0.15, -0.1) is 0 Å². The van der Waals surface area contributed by atoms with Crippen molar-refractivity contribution in [2.45, 2.75) is 172 Å². The predicted molar refractivity (Wildman–Crippen MR) is 183 cm³/mol. The van der Waals surface area contributed by atoms with Crippen LogP contribution in [0.4, 0.5) is 0 Å². The molecule has 0 aromatic rings. The molecule has 3 aliphatic rings. The Morgan fingerprint density at radius 2 is 1.63 bits per heavy atom. The van der Waals surface area contributed by atoms with Gasteiger partial charge < -0.3 is 65.6 Å². The summed E-state index contributed by atoms with van der Waals surface area (Å²) >= 11 is 0. The summed E-state index contributed by atoms with van der Waals surface area (Å²) in [6.45, 7) is 6.24. The van der Waals surface area contributed by atoms with Gasteiger partial charge in [0, 0.05) is 19.4 Å². The molecule has 296 valence electrons. The van der Waals surface area contributed by atoms with Crippen LogP contribution in [0.1, 0.15) is 98.3 Å². The summed E-state index contributed by atoms with van der Waals surface area (Å²) in [7, 11) is 0. The maximum atomic E-state index is 13.3. The smallest absolute Gasteiger partial charge is 0.246 e. The third-order valence-corrected chi connectivity index (χ3v) is 10.1. The Labute approximate surface area is 301 Å². The molecule has 1 saturated carbocycles. The van der Waals surface area contributed by atoms with Gasteiger partial charge in [0.25, 0.3) is 0 Å². The van der Waals surface area contributed by atoms with E-state index in [0.717, 1.165) is 51.4 Å². The summed E-state index contributed by atoms with van der Waals surface area (Å²) < 4.78 is 30.3. The summed E-state index contributed by atoms with van der Waals surface area (Å²) in [4.78, 5) is 38.5. The standard InChI is InChI=1S/C35H63N3O13/c1-5-7-13-22(33(46)37-14-6-2)16-23(18-47-35-30(44)29(43)27(41)19(3)48-35)49-34-26(38-20(4)40)31(28(42)25(17-39)51-34)50-24(32(36)45)15-21-11-9-8-10-12-21/h19,21-31,34-35,39,41-44H,5-18H2,1-4H3,(H2,36,45)(H,37,46)(H,38,40)/t19-,22?,23+,24-,25-,26?,27?,28-,29-,30-,31?,34+,35?/m0/s1. The summed E-state index contributed by atoms with van der Waals surface area (Å²) in [5.41, 5.74) is 5.79. The largest absolute Gasteiger partial charge is 0.394 e. The second-order valence-electron chi connectivity index (χ2n) is 14.3. The fourth-order valence-corrected chi connectivity index (χ4v) is 7.11. The molecule has 0 radical (unpaired) electrons. The minimum atomic E-state index is -1.60. The van der Waals surface area contributed by atoms with Gasteiger partial charge in [0.15, 0.2) is 12.6 Å². The zero-order valence-electron chi connectivity index (χ0n) is 30.6. The van der Waals surface area contributed by atoms with E-state index < -0.39 is 97.9 Å². The number of amides is 3. The number of ether oxygens (including phenoxy) is 5. The van der Waals surface area contributed by atoms with Crippen molar-refractivity contribution in [1.82, 2.24) is 10.6 Å². The monoisotopic (exact) mass is 733 g/mol. The van der Waals surface area contributed by atoms with Gasteiger partial charge in [-0.2, -0.15) is 0 Å². The van der Waals surface area contributed by atoms with Gasteiger partial charge in [-0.05, 0) is 38.5 Å². The van der Waals surface area contributed by atoms with Gasteiger partial charge in [-0.1, -0.05) is 58.8 Å². The van der Waals surface area contributed by atoms with E-state index in [9.17, 15) is 39.9 Å². The number of hydrogen-bond acceptors (Lipinski definition) is 13. The predicted octanol–water partition coefficient (Wildman–Crippen LogP) is -0.269. The first-order valence-electron chi connectivity index (χ1n) is 18.7. The number of unbranched alkanes of at least 4 members (excludes halogenated alkanes) is 1. The molecule has 51 heavy (non-hydrogen) atoms. The number of nitrogens with one attached hydrogen (secondary N) is 2. The van der Waals surface area contributed by atoms with Gasteiger partial charge in [-0.3, -0.25) is 14.4 Å². The molecule has 3 fully saturated rings. The van der Waals surface area contributed by atoms with Crippen LogP contribution >= 0.6 is 0 Å². The molecule has 9 N–H and O–H groups in total. The summed E-state index contributed by atoms with van der Waals surface area (Å²) in [6, 6.07) is -1.20. The van der Waals surface area contributed by atoms with Crippen molar-refractivity contribution < 1.29 is 63.6 Å². The first kappa shape index (κ1) is 43.4. The summed E-state index contributed by atoms with van der Waals surface area (Å²) in [5, 5.41) is 58.3. The second kappa shape index (κ2) is 21.6. The van der Waals surface area contributed by atoms with E-state index in [0.29, 0.717) is 19.4 Å². The number of rotatable bonds is 20. The third-order valence-electron chi connectivity index (χ3n) is 10.1. The molecular weight excluding hydrogens is 670 g/mol. The van der Waals surface area contributed by atoms with Crippen molar-refractivity contribution in [2.24, 2.45) is 17.6 Å². The van der Waals surface area contributed by atoms with Gasteiger partial charge in [0.05, 0.1) is 25.4 Å². The van der Waals surface area contributed by atoms with Crippen molar-refractivity contribution >= 4 is 17.7 Å². The lowest BCUT2D eigenvalue weighted by Crippen LogP contribution is -2.67. The number of primary amides is 1. The van der Waals surface area contributed by atoms with E-state index in [1.807, 2.05) is 13.8 Å². The second-order valence-corrected chi connectivity index (χ2v) is 14.3. The Morgan fingerprint density at radius 3 is 2.24 bits per heavy atom. The Hall–Kier alpha value is -1.99. The average molecular weight is 734 g/mol. The van der Waals surface area contributed by atoms with Crippen molar-refractivity contribution in [3.05, 3.63) is 0 Å². The van der Waals surface area contributed by atoms with Crippen molar-refractivity contribution in [3.63, 3.8) is 0 Å². The lowest BCUT2D eigenvalue weighted by molar-refractivity contribution is -0.316. The van der Waals surface area contributed by atoms with Crippen LogP contribution in [0, 0.1) is 11.8 Å². The van der Waals surface area contributed by atoms with E-state index >= 15 is 0 Å². The minimum Gasteiger partial charge on any atom is -0.394 e. The molecule has 16 nitrogen and oxygen atoms in total. The Balaban J connectivity index is 1.93. The van der Waals surface area contributed by atoms with Crippen LogP contribution in [0.25, 0.3) is 0 Å². The van der Waals surface area contributed by atoms with Crippen molar-refractivity contribution in [1.29, 1.82) is 0 Å². The van der Waals surface area contributed by atoms with Crippen molar-refractivity contribution in [3.8, 4) is 0 Å². The molecular formula is C35H63N3O13. The molecule has 0 aromatic heterocycles. The van der Waals surface area contributed by atoms with Crippen LogP contribution in [-0.4, -0.2) is 137 Å². The van der Waals surface area contributed by atoms with Crippen LogP contribution in [-0.2, 0) is 38.1 Å². The van der Waals surface area contributed by atoms with Gasteiger partial charge in [0.1, 0.15) is 48.8 Å². The van der Waals surface area contributed by atoms with Gasteiger partial charge in [-0.25, -0.2) is 0 Å². The van der Waals surface area contributed by atoms with E-state index in [2.05, 4.69) is 10.6 Å². The van der Waals surface area contributed by atoms with E-state index in [-0.39, 0.29) is 24.9 Å². The van der Waals surface area contributed by atoms with E-state index in [1.165, 1.54) is 13.8 Å². The quantitative estimate of drug-likeness (QED) is 0.0804. The number of carbonyl (C=O) groups is 3.